The van der Waals surface area contributed by atoms with Crippen LogP contribution >= 0.6 is 0 Å². The lowest BCUT2D eigenvalue weighted by molar-refractivity contribution is -0.293. The molecule has 1 aromatic heterocycles. The first-order valence-electron chi connectivity index (χ1n) is 10.2. The molecule has 10 heteroatoms. The fraction of sp³-hybridized carbons (Fsp3) is 0.208. The van der Waals surface area contributed by atoms with Crippen LogP contribution in [0.25, 0.3) is 0 Å². The van der Waals surface area contributed by atoms with Gasteiger partial charge >= 0.3 is 18.0 Å². The Morgan fingerprint density at radius 3 is 1.71 bits per heavy atom. The number of pyridine rings is 1. The summed E-state index contributed by atoms with van der Waals surface area (Å²) in [6.45, 7) is 1.66. The number of hydrogen-bond donors (Lipinski definition) is 0. The number of amidine groups is 2. The van der Waals surface area contributed by atoms with Crippen molar-refractivity contribution in [1.29, 1.82) is 0 Å². The molecule has 0 spiro atoms. The van der Waals surface area contributed by atoms with Crippen LogP contribution in [0.4, 0.5) is 26.3 Å². The van der Waals surface area contributed by atoms with Crippen molar-refractivity contribution in [3.8, 4) is 0 Å². The van der Waals surface area contributed by atoms with Crippen LogP contribution < -0.4 is 0 Å². The summed E-state index contributed by atoms with van der Waals surface area (Å²) < 4.78 is 84.9. The van der Waals surface area contributed by atoms with E-state index in [1.807, 2.05) is 0 Å². The minimum atomic E-state index is -5.85. The van der Waals surface area contributed by atoms with E-state index in [0.29, 0.717) is 5.56 Å². The molecule has 1 atom stereocenters. The second-order valence-electron chi connectivity index (χ2n) is 7.60. The highest BCUT2D eigenvalue weighted by Crippen LogP contribution is 2.50. The van der Waals surface area contributed by atoms with Crippen molar-refractivity contribution in [2.24, 2.45) is 9.98 Å². The fourth-order valence-corrected chi connectivity index (χ4v) is 3.69. The van der Waals surface area contributed by atoms with E-state index in [2.05, 4.69) is 15.0 Å². The maximum atomic E-state index is 14.2. The van der Waals surface area contributed by atoms with Gasteiger partial charge in [0.25, 0.3) is 0 Å². The third-order valence-corrected chi connectivity index (χ3v) is 5.40. The van der Waals surface area contributed by atoms with Gasteiger partial charge < -0.3 is 4.90 Å². The van der Waals surface area contributed by atoms with Crippen molar-refractivity contribution >= 4 is 11.7 Å². The Labute approximate surface area is 191 Å². The van der Waals surface area contributed by atoms with Gasteiger partial charge in [0.1, 0.15) is 11.7 Å². The van der Waals surface area contributed by atoms with Gasteiger partial charge in [0.2, 0.25) is 0 Å². The average molecular weight is 476 g/mol. The topological polar surface area (TPSA) is 40.9 Å². The molecule has 2 heterocycles. The molecule has 0 saturated heterocycles. The van der Waals surface area contributed by atoms with Crippen LogP contribution in [0.2, 0.25) is 0 Å². The van der Waals surface area contributed by atoms with Gasteiger partial charge in [-0.1, -0.05) is 60.7 Å². The molecule has 0 aliphatic carbocycles. The summed E-state index contributed by atoms with van der Waals surface area (Å²) in [7, 11) is 0. The molecule has 0 N–H and O–H groups in total. The molecule has 2 aromatic carbocycles. The summed E-state index contributed by atoms with van der Waals surface area (Å²) in [6.07, 6.45) is -9.15. The van der Waals surface area contributed by atoms with E-state index < -0.39 is 35.7 Å². The molecule has 4 rings (SSSR count). The fourth-order valence-electron chi connectivity index (χ4n) is 3.69. The lowest BCUT2D eigenvalue weighted by Gasteiger charge is -2.42. The quantitative estimate of drug-likeness (QED) is 0.423. The van der Waals surface area contributed by atoms with Crippen LogP contribution in [0.1, 0.15) is 29.7 Å². The van der Waals surface area contributed by atoms with E-state index in [9.17, 15) is 26.3 Å². The monoisotopic (exact) mass is 476 g/mol. The molecule has 3 aromatic rings. The highest BCUT2D eigenvalue weighted by atomic mass is 19.4. The molecule has 176 valence electrons. The van der Waals surface area contributed by atoms with Crippen LogP contribution in [0, 0.1) is 0 Å². The van der Waals surface area contributed by atoms with E-state index in [1.54, 1.807) is 43.3 Å². The van der Waals surface area contributed by atoms with E-state index >= 15 is 0 Å². The number of aliphatic imine (C=N–C) groups is 2. The van der Waals surface area contributed by atoms with Crippen molar-refractivity contribution < 1.29 is 26.3 Å². The number of aromatic nitrogens is 1. The molecule has 0 fully saturated rings. The van der Waals surface area contributed by atoms with Crippen molar-refractivity contribution in [3.05, 3.63) is 102 Å². The molecule has 1 aliphatic heterocycles. The Hall–Kier alpha value is -3.69. The minimum absolute atomic E-state index is 0.00788. The molecule has 1 aliphatic rings. The van der Waals surface area contributed by atoms with Gasteiger partial charge in [-0.15, -0.1) is 0 Å². The molecule has 0 saturated carbocycles. The second kappa shape index (κ2) is 8.58. The number of hydrogen-bond acceptors (Lipinski definition) is 4. The summed E-state index contributed by atoms with van der Waals surface area (Å²) in [5.41, 5.74) is -3.95. The van der Waals surface area contributed by atoms with Gasteiger partial charge in [0.15, 0.2) is 0 Å². The Bertz CT molecular complexity index is 1120. The third kappa shape index (κ3) is 4.04. The van der Waals surface area contributed by atoms with Crippen molar-refractivity contribution in [3.63, 3.8) is 0 Å². The summed E-state index contributed by atoms with van der Waals surface area (Å²) >= 11 is 0. The zero-order valence-corrected chi connectivity index (χ0v) is 17.7. The highest BCUT2D eigenvalue weighted by molar-refractivity contribution is 6.16. The first kappa shape index (κ1) is 23.5. The number of halogens is 6. The van der Waals surface area contributed by atoms with Gasteiger partial charge in [-0.3, -0.25) is 4.98 Å². The number of rotatable bonds is 4. The molecule has 0 radical (unpaired) electrons. The molecular formula is C24H18F6N4. The maximum absolute atomic E-state index is 14.2. The van der Waals surface area contributed by atoms with Gasteiger partial charge in [0.05, 0.1) is 6.04 Å². The molecule has 1 unspecified atom stereocenters. The summed E-state index contributed by atoms with van der Waals surface area (Å²) in [6, 6.07) is 18.2. The van der Waals surface area contributed by atoms with Gasteiger partial charge in [-0.05, 0) is 24.6 Å². The predicted octanol–water partition coefficient (Wildman–Crippen LogP) is 6.17. The average Bonchev–Trinajstić information content (AvgIpc) is 2.83. The van der Waals surface area contributed by atoms with Crippen LogP contribution in [0.3, 0.4) is 0 Å². The van der Waals surface area contributed by atoms with Gasteiger partial charge in [-0.2, -0.15) is 26.3 Å². The molecule has 0 amide bonds. The third-order valence-electron chi connectivity index (χ3n) is 5.40. The van der Waals surface area contributed by atoms with E-state index in [-0.39, 0.29) is 11.1 Å². The van der Waals surface area contributed by atoms with Crippen LogP contribution in [-0.4, -0.2) is 39.6 Å². The van der Waals surface area contributed by atoms with Crippen molar-refractivity contribution in [2.45, 2.75) is 31.0 Å². The smallest absolute Gasteiger partial charge is 0.303 e. The second-order valence-corrected chi connectivity index (χ2v) is 7.60. The largest absolute Gasteiger partial charge is 0.443 e. The zero-order valence-electron chi connectivity index (χ0n) is 17.7. The number of benzene rings is 2. The first-order chi connectivity index (χ1) is 16.1. The summed E-state index contributed by atoms with van der Waals surface area (Å²) in [5, 5.41) is 0. The van der Waals surface area contributed by atoms with E-state index in [4.69, 9.17) is 0 Å². The Balaban J connectivity index is 2.06. The van der Waals surface area contributed by atoms with Gasteiger partial charge in [-0.25, -0.2) is 9.98 Å². The lowest BCUT2D eigenvalue weighted by atomic mass is 10.0. The SMILES string of the molecule is CC(c1ccccc1)N1C(c2ccccc2)=NC(C(F)(F)F)(C(F)(F)F)N=C1c1cccnc1. The van der Waals surface area contributed by atoms with Crippen molar-refractivity contribution in [2.75, 3.05) is 0 Å². The minimum Gasteiger partial charge on any atom is -0.303 e. The molecule has 4 nitrogen and oxygen atoms in total. The van der Waals surface area contributed by atoms with E-state index in [1.165, 1.54) is 53.7 Å². The van der Waals surface area contributed by atoms with Gasteiger partial charge in [0, 0.05) is 23.5 Å². The molecule has 34 heavy (non-hydrogen) atoms. The lowest BCUT2D eigenvalue weighted by Crippen LogP contribution is -2.59. The Morgan fingerprint density at radius 2 is 1.21 bits per heavy atom. The highest BCUT2D eigenvalue weighted by Gasteiger charge is 2.74. The normalized spacial score (nSPS) is 17.1. The Morgan fingerprint density at radius 1 is 0.706 bits per heavy atom. The molecule has 0 bridgehead atoms. The first-order valence-corrected chi connectivity index (χ1v) is 10.2. The maximum Gasteiger partial charge on any atom is 0.443 e. The van der Waals surface area contributed by atoms with E-state index in [0.717, 1.165) is 0 Å². The summed E-state index contributed by atoms with van der Waals surface area (Å²) in [5.74, 6) is -1.03. The molecular weight excluding hydrogens is 458 g/mol. The number of alkyl halides is 6. The van der Waals surface area contributed by atoms with Crippen LogP contribution in [0.5, 0.6) is 0 Å². The Kier molecular flexibility index (Phi) is 5.93. The zero-order chi connectivity index (χ0) is 24.6. The van der Waals surface area contributed by atoms with Crippen LogP contribution in [-0.2, 0) is 0 Å². The number of nitrogens with zero attached hydrogens (tertiary/aromatic N) is 4. The predicted molar refractivity (Wildman–Crippen MR) is 115 cm³/mol. The van der Waals surface area contributed by atoms with Crippen LogP contribution in [0.15, 0.2) is 95.2 Å². The standard InChI is InChI=1S/C24H18F6N4/c1-16(17-9-4-2-5-10-17)34-20(18-11-6-3-7-12-18)32-22(23(25,26)27,24(28,29)30)33-21(34)19-13-8-14-31-15-19/h2-16H,1H3. The summed E-state index contributed by atoms with van der Waals surface area (Å²) in [4.78, 5) is 11.8. The van der Waals surface area contributed by atoms with Crippen molar-refractivity contribution in [1.82, 2.24) is 9.88 Å².